The highest BCUT2D eigenvalue weighted by Crippen LogP contribution is 2.36. The van der Waals surface area contributed by atoms with E-state index >= 15 is 0 Å². The number of hydrogen-bond acceptors (Lipinski definition) is 3. The van der Waals surface area contributed by atoms with Gasteiger partial charge in [-0.25, -0.2) is 9.97 Å². The fourth-order valence-corrected chi connectivity index (χ4v) is 4.81. The highest BCUT2D eigenvalue weighted by Gasteiger charge is 2.18. The highest BCUT2D eigenvalue weighted by molar-refractivity contribution is 6.07. The Labute approximate surface area is 214 Å². The predicted octanol–water partition coefficient (Wildman–Crippen LogP) is 9.04. The Morgan fingerprint density at radius 2 is 0.892 bits per heavy atom. The molecular weight excluding hydrogens is 452 g/mol. The molecule has 7 rings (SSSR count). The Bertz CT molecular complexity index is 1840. The Morgan fingerprint density at radius 3 is 1.51 bits per heavy atom. The third-order valence-corrected chi connectivity index (χ3v) is 6.74. The summed E-state index contributed by atoms with van der Waals surface area (Å²) in [6, 6.07) is 45.7. The first-order chi connectivity index (χ1) is 18.3. The van der Waals surface area contributed by atoms with Crippen molar-refractivity contribution in [3.8, 4) is 44.9 Å². The van der Waals surface area contributed by atoms with Crippen molar-refractivity contribution in [3.05, 3.63) is 133 Å². The molecule has 0 fully saturated rings. The van der Waals surface area contributed by atoms with Gasteiger partial charge >= 0.3 is 0 Å². The van der Waals surface area contributed by atoms with Crippen molar-refractivity contribution in [3.63, 3.8) is 0 Å². The summed E-state index contributed by atoms with van der Waals surface area (Å²) in [6.07, 6.45) is 0. The molecule has 0 N–H and O–H groups in total. The summed E-state index contributed by atoms with van der Waals surface area (Å²) in [5, 5.41) is 0.990. The second kappa shape index (κ2) is 8.89. The van der Waals surface area contributed by atoms with Crippen LogP contribution in [0.15, 0.2) is 138 Å². The van der Waals surface area contributed by atoms with Gasteiger partial charge in [-0.3, -0.25) is 0 Å². The lowest BCUT2D eigenvalue weighted by atomic mass is 10.0. The Kier molecular flexibility index (Phi) is 5.11. The largest absolute Gasteiger partial charge is 0.452 e. The molecule has 0 aliphatic carbocycles. The molecule has 0 aliphatic rings. The zero-order valence-corrected chi connectivity index (χ0v) is 20.0. The van der Waals surface area contributed by atoms with Gasteiger partial charge in [0.2, 0.25) is 0 Å². The molecule has 0 aliphatic heterocycles. The number of aromatic nitrogens is 2. The normalized spacial score (nSPS) is 11.2. The molecule has 0 saturated carbocycles. The van der Waals surface area contributed by atoms with E-state index < -0.39 is 0 Å². The number of benzene rings is 5. The number of para-hydroxylation sites is 1. The molecule has 0 radical (unpaired) electrons. The molecule has 0 amide bonds. The third-order valence-electron chi connectivity index (χ3n) is 6.74. The van der Waals surface area contributed by atoms with Crippen molar-refractivity contribution in [2.24, 2.45) is 0 Å². The van der Waals surface area contributed by atoms with Crippen LogP contribution in [0, 0.1) is 0 Å². The molecule has 0 bridgehead atoms. The molecule has 3 nitrogen and oxygen atoms in total. The summed E-state index contributed by atoms with van der Waals surface area (Å²) in [7, 11) is 0. The van der Waals surface area contributed by atoms with Gasteiger partial charge in [0.25, 0.3) is 0 Å². The van der Waals surface area contributed by atoms with Crippen molar-refractivity contribution in [1.82, 2.24) is 9.97 Å². The predicted molar refractivity (Wildman–Crippen MR) is 151 cm³/mol. The fraction of sp³-hybridized carbons (Fsp3) is 0. The standard InChI is InChI=1S/C34H22N2O/c1-3-9-23(10-4-1)25-15-19-27(20-16-25)31-33-32(29-13-7-8-14-30(29)37-33)36-34(35-31)28-21-17-26(18-22-28)24-11-5-2-6-12-24/h1-22H. The molecule has 3 heteroatoms. The van der Waals surface area contributed by atoms with Crippen LogP contribution in [0.2, 0.25) is 0 Å². The lowest BCUT2D eigenvalue weighted by Gasteiger charge is -2.08. The van der Waals surface area contributed by atoms with E-state index in [9.17, 15) is 0 Å². The van der Waals surface area contributed by atoms with Crippen LogP contribution in [0.3, 0.4) is 0 Å². The number of furan rings is 1. The lowest BCUT2D eigenvalue weighted by molar-refractivity contribution is 0.667. The van der Waals surface area contributed by atoms with Gasteiger partial charge in [-0.2, -0.15) is 0 Å². The molecule has 0 unspecified atom stereocenters. The van der Waals surface area contributed by atoms with Crippen LogP contribution in [-0.4, -0.2) is 9.97 Å². The monoisotopic (exact) mass is 474 g/mol. The molecule has 0 spiro atoms. The van der Waals surface area contributed by atoms with E-state index in [1.54, 1.807) is 0 Å². The van der Waals surface area contributed by atoms with Crippen LogP contribution < -0.4 is 0 Å². The van der Waals surface area contributed by atoms with Crippen molar-refractivity contribution < 1.29 is 4.42 Å². The maximum absolute atomic E-state index is 6.30. The van der Waals surface area contributed by atoms with Crippen LogP contribution in [0.1, 0.15) is 0 Å². The highest BCUT2D eigenvalue weighted by atomic mass is 16.3. The number of rotatable bonds is 4. The van der Waals surface area contributed by atoms with Gasteiger partial charge in [0.1, 0.15) is 16.8 Å². The molecular formula is C34H22N2O. The van der Waals surface area contributed by atoms with Crippen LogP contribution >= 0.6 is 0 Å². The first kappa shape index (κ1) is 21.3. The quantitative estimate of drug-likeness (QED) is 0.255. The second-order valence-electron chi connectivity index (χ2n) is 9.06. The van der Waals surface area contributed by atoms with Gasteiger partial charge in [-0.15, -0.1) is 0 Å². The van der Waals surface area contributed by atoms with E-state index in [0.717, 1.165) is 44.4 Å². The van der Waals surface area contributed by atoms with Crippen molar-refractivity contribution in [2.45, 2.75) is 0 Å². The summed E-state index contributed by atoms with van der Waals surface area (Å²) < 4.78 is 6.30. The summed E-state index contributed by atoms with van der Waals surface area (Å²) in [5.74, 6) is 0.681. The number of fused-ring (bicyclic) bond motifs is 3. The number of nitrogens with zero attached hydrogens (tertiary/aromatic N) is 2. The van der Waals surface area contributed by atoms with E-state index in [4.69, 9.17) is 14.4 Å². The van der Waals surface area contributed by atoms with E-state index in [0.29, 0.717) is 11.4 Å². The Morgan fingerprint density at radius 1 is 0.405 bits per heavy atom. The summed E-state index contributed by atoms with van der Waals surface area (Å²) in [6.45, 7) is 0. The van der Waals surface area contributed by atoms with Gasteiger partial charge in [0, 0.05) is 16.5 Å². The lowest BCUT2D eigenvalue weighted by Crippen LogP contribution is -1.94. The average Bonchev–Trinajstić information content (AvgIpc) is 3.37. The van der Waals surface area contributed by atoms with Gasteiger partial charge in [0.05, 0.1) is 0 Å². The van der Waals surface area contributed by atoms with Crippen molar-refractivity contribution >= 4 is 22.1 Å². The molecule has 0 saturated heterocycles. The molecule has 0 atom stereocenters. The zero-order valence-electron chi connectivity index (χ0n) is 20.0. The van der Waals surface area contributed by atoms with Crippen LogP contribution in [0.5, 0.6) is 0 Å². The SMILES string of the molecule is c1ccc(-c2ccc(-c3nc(-c4ccc(-c5ccccc5)cc4)c4oc5ccccc5c4n3)cc2)cc1. The first-order valence-electron chi connectivity index (χ1n) is 12.3. The molecule has 37 heavy (non-hydrogen) atoms. The molecule has 2 aromatic heterocycles. The smallest absolute Gasteiger partial charge is 0.180 e. The van der Waals surface area contributed by atoms with Crippen molar-refractivity contribution in [1.29, 1.82) is 0 Å². The minimum absolute atomic E-state index is 0.681. The topological polar surface area (TPSA) is 38.9 Å². The van der Waals surface area contributed by atoms with Gasteiger partial charge in [0.15, 0.2) is 11.4 Å². The summed E-state index contributed by atoms with van der Waals surface area (Å²) in [4.78, 5) is 10.0. The molecule has 2 heterocycles. The van der Waals surface area contributed by atoms with Crippen LogP contribution in [0.25, 0.3) is 67.0 Å². The van der Waals surface area contributed by atoms with E-state index in [1.807, 2.05) is 30.3 Å². The molecule has 7 aromatic rings. The van der Waals surface area contributed by atoms with Crippen LogP contribution in [-0.2, 0) is 0 Å². The Hall–Kier alpha value is -5.02. The fourth-order valence-electron chi connectivity index (χ4n) is 4.81. The first-order valence-corrected chi connectivity index (χ1v) is 12.3. The minimum atomic E-state index is 0.681. The van der Waals surface area contributed by atoms with Gasteiger partial charge in [-0.1, -0.05) is 121 Å². The third kappa shape index (κ3) is 3.87. The van der Waals surface area contributed by atoms with Gasteiger partial charge < -0.3 is 4.42 Å². The summed E-state index contributed by atoms with van der Waals surface area (Å²) >= 11 is 0. The molecule has 5 aromatic carbocycles. The number of hydrogen-bond donors (Lipinski definition) is 0. The minimum Gasteiger partial charge on any atom is -0.452 e. The van der Waals surface area contributed by atoms with Crippen molar-refractivity contribution in [2.75, 3.05) is 0 Å². The Balaban J connectivity index is 1.38. The molecule has 174 valence electrons. The second-order valence-corrected chi connectivity index (χ2v) is 9.06. The van der Waals surface area contributed by atoms with Gasteiger partial charge in [-0.05, 0) is 34.4 Å². The zero-order chi connectivity index (χ0) is 24.6. The van der Waals surface area contributed by atoms with E-state index in [1.165, 1.54) is 11.1 Å². The van der Waals surface area contributed by atoms with E-state index in [2.05, 4.69) is 103 Å². The summed E-state index contributed by atoms with van der Waals surface area (Å²) in [5.41, 5.74) is 9.80. The van der Waals surface area contributed by atoms with E-state index in [-0.39, 0.29) is 0 Å². The van der Waals surface area contributed by atoms with Crippen LogP contribution in [0.4, 0.5) is 0 Å². The maximum atomic E-state index is 6.30. The average molecular weight is 475 g/mol. The maximum Gasteiger partial charge on any atom is 0.180 e.